The van der Waals surface area contributed by atoms with Crippen LogP contribution in [0.2, 0.25) is 0 Å². The summed E-state index contributed by atoms with van der Waals surface area (Å²) in [6.07, 6.45) is 1.52. The lowest BCUT2D eigenvalue weighted by Crippen LogP contribution is -2.52. The molecule has 0 bridgehead atoms. The maximum Gasteiger partial charge on any atom is 0.335 e. The Kier molecular flexibility index (Phi) is 7.60. The Balaban J connectivity index is 1.87. The highest BCUT2D eigenvalue weighted by Crippen LogP contribution is 2.22. The van der Waals surface area contributed by atoms with Gasteiger partial charge in [0.15, 0.2) is 0 Å². The number of benzene rings is 1. The standard InChI is InChI=1S/C19H27N3O5/c1-13-3-6-16(17(23)20-9-10-27-2)12-22(13)19(26)21-11-14-4-7-15(8-5-14)18(24)25/h4-5,7-8,13,16H,3,6,9-12H2,1-2H3,(H,20,23)(H,21,26)(H,24,25). The van der Waals surface area contributed by atoms with E-state index in [1.807, 2.05) is 6.92 Å². The molecule has 1 aliphatic rings. The Morgan fingerprint density at radius 2 is 1.89 bits per heavy atom. The van der Waals surface area contributed by atoms with Crippen LogP contribution in [0.5, 0.6) is 0 Å². The molecule has 1 aliphatic heterocycles. The second-order valence-electron chi connectivity index (χ2n) is 6.72. The maximum atomic E-state index is 12.6. The summed E-state index contributed by atoms with van der Waals surface area (Å²) < 4.78 is 4.93. The molecule has 8 nitrogen and oxygen atoms in total. The molecule has 0 spiro atoms. The molecule has 3 amide bonds. The summed E-state index contributed by atoms with van der Waals surface area (Å²) in [5, 5.41) is 14.6. The van der Waals surface area contributed by atoms with Crippen molar-refractivity contribution in [2.24, 2.45) is 5.92 Å². The normalized spacial score (nSPS) is 19.4. The van der Waals surface area contributed by atoms with Crippen LogP contribution >= 0.6 is 0 Å². The quantitative estimate of drug-likeness (QED) is 0.624. The van der Waals surface area contributed by atoms with Gasteiger partial charge in [-0.3, -0.25) is 4.79 Å². The van der Waals surface area contributed by atoms with Gasteiger partial charge in [0.2, 0.25) is 5.91 Å². The van der Waals surface area contributed by atoms with Crippen LogP contribution in [0.1, 0.15) is 35.7 Å². The van der Waals surface area contributed by atoms with E-state index < -0.39 is 5.97 Å². The van der Waals surface area contributed by atoms with E-state index in [1.165, 1.54) is 12.1 Å². The monoisotopic (exact) mass is 377 g/mol. The van der Waals surface area contributed by atoms with Crippen LogP contribution in [-0.4, -0.2) is 60.8 Å². The second-order valence-corrected chi connectivity index (χ2v) is 6.72. The molecule has 2 rings (SSSR count). The molecule has 1 aromatic rings. The highest BCUT2D eigenvalue weighted by atomic mass is 16.5. The van der Waals surface area contributed by atoms with Gasteiger partial charge in [0.05, 0.1) is 18.1 Å². The predicted molar refractivity (Wildman–Crippen MR) is 99.4 cm³/mol. The van der Waals surface area contributed by atoms with Crippen LogP contribution in [0.15, 0.2) is 24.3 Å². The molecule has 27 heavy (non-hydrogen) atoms. The zero-order valence-corrected chi connectivity index (χ0v) is 15.7. The van der Waals surface area contributed by atoms with Gasteiger partial charge >= 0.3 is 12.0 Å². The number of methoxy groups -OCH3 is 1. The number of ether oxygens (including phenoxy) is 1. The van der Waals surface area contributed by atoms with E-state index in [2.05, 4.69) is 10.6 Å². The van der Waals surface area contributed by atoms with Crippen molar-refractivity contribution in [1.29, 1.82) is 0 Å². The van der Waals surface area contributed by atoms with Gasteiger partial charge in [0, 0.05) is 32.8 Å². The number of nitrogens with one attached hydrogen (secondary N) is 2. The maximum absolute atomic E-state index is 12.6. The minimum absolute atomic E-state index is 0.0546. The van der Waals surface area contributed by atoms with Crippen molar-refractivity contribution in [2.75, 3.05) is 26.8 Å². The van der Waals surface area contributed by atoms with E-state index >= 15 is 0 Å². The predicted octanol–water partition coefficient (Wildman–Crippen LogP) is 1.46. The number of carbonyl (C=O) groups excluding carboxylic acids is 2. The molecule has 2 unspecified atom stereocenters. The molecule has 3 N–H and O–H groups in total. The third-order valence-corrected chi connectivity index (χ3v) is 4.76. The molecule has 0 aliphatic carbocycles. The Morgan fingerprint density at radius 1 is 1.19 bits per heavy atom. The van der Waals surface area contributed by atoms with Gasteiger partial charge in [-0.25, -0.2) is 9.59 Å². The molecule has 1 aromatic carbocycles. The molecule has 148 valence electrons. The molecule has 1 fully saturated rings. The first kappa shape index (κ1) is 20.7. The average Bonchev–Trinajstić information content (AvgIpc) is 2.66. The van der Waals surface area contributed by atoms with E-state index in [9.17, 15) is 14.4 Å². The van der Waals surface area contributed by atoms with E-state index in [0.717, 1.165) is 18.4 Å². The van der Waals surface area contributed by atoms with Crippen molar-refractivity contribution in [3.63, 3.8) is 0 Å². The van der Waals surface area contributed by atoms with Crippen molar-refractivity contribution in [3.8, 4) is 0 Å². The number of rotatable bonds is 7. The molecule has 2 atom stereocenters. The van der Waals surface area contributed by atoms with Crippen molar-refractivity contribution in [2.45, 2.75) is 32.4 Å². The van der Waals surface area contributed by atoms with Crippen LogP contribution in [0.4, 0.5) is 4.79 Å². The molecule has 0 aromatic heterocycles. The fourth-order valence-electron chi connectivity index (χ4n) is 3.07. The second kappa shape index (κ2) is 9.91. The van der Waals surface area contributed by atoms with Crippen molar-refractivity contribution < 1.29 is 24.2 Å². The molecule has 1 heterocycles. The third-order valence-electron chi connectivity index (χ3n) is 4.76. The summed E-state index contributed by atoms with van der Waals surface area (Å²) in [7, 11) is 1.58. The Morgan fingerprint density at radius 3 is 2.52 bits per heavy atom. The van der Waals surface area contributed by atoms with Gasteiger partial charge in [0.1, 0.15) is 0 Å². The smallest absolute Gasteiger partial charge is 0.335 e. The van der Waals surface area contributed by atoms with Crippen molar-refractivity contribution in [1.82, 2.24) is 15.5 Å². The van der Waals surface area contributed by atoms with Gasteiger partial charge in [-0.1, -0.05) is 12.1 Å². The number of nitrogens with zero attached hydrogens (tertiary/aromatic N) is 1. The first-order valence-electron chi connectivity index (χ1n) is 9.05. The highest BCUT2D eigenvalue weighted by molar-refractivity contribution is 5.87. The number of hydrogen-bond acceptors (Lipinski definition) is 4. The first-order chi connectivity index (χ1) is 12.9. The zero-order chi connectivity index (χ0) is 19.8. The summed E-state index contributed by atoms with van der Waals surface area (Å²) in [6, 6.07) is 6.20. The summed E-state index contributed by atoms with van der Waals surface area (Å²) in [6.45, 7) is 3.57. The molecule has 1 saturated heterocycles. The minimum atomic E-state index is -0.984. The lowest BCUT2D eigenvalue weighted by Gasteiger charge is -2.37. The molecule has 0 saturated carbocycles. The number of aromatic carboxylic acids is 1. The van der Waals surface area contributed by atoms with Crippen molar-refractivity contribution >= 4 is 17.9 Å². The molecule has 8 heteroatoms. The fraction of sp³-hybridized carbons (Fsp3) is 0.526. The SMILES string of the molecule is COCCNC(=O)C1CCC(C)N(C(=O)NCc2ccc(C(=O)O)cc2)C1. The number of hydrogen-bond donors (Lipinski definition) is 3. The van der Waals surface area contributed by atoms with E-state index in [0.29, 0.717) is 26.2 Å². The topological polar surface area (TPSA) is 108 Å². The Hall–Kier alpha value is -2.61. The van der Waals surface area contributed by atoms with Crippen LogP contribution in [0.3, 0.4) is 0 Å². The van der Waals surface area contributed by atoms with Gasteiger partial charge in [0.25, 0.3) is 0 Å². The number of likely N-dealkylation sites (tertiary alicyclic amines) is 1. The number of carboxylic acids is 1. The van der Waals surface area contributed by atoms with Gasteiger partial charge in [-0.15, -0.1) is 0 Å². The lowest BCUT2D eigenvalue weighted by molar-refractivity contribution is -0.126. The Labute approximate surface area is 158 Å². The lowest BCUT2D eigenvalue weighted by atomic mass is 9.93. The van der Waals surface area contributed by atoms with Crippen LogP contribution < -0.4 is 10.6 Å². The van der Waals surface area contributed by atoms with E-state index in [4.69, 9.17) is 9.84 Å². The minimum Gasteiger partial charge on any atom is -0.478 e. The summed E-state index contributed by atoms with van der Waals surface area (Å²) >= 11 is 0. The van der Waals surface area contributed by atoms with Crippen molar-refractivity contribution in [3.05, 3.63) is 35.4 Å². The molecule has 0 radical (unpaired) electrons. The average molecular weight is 377 g/mol. The highest BCUT2D eigenvalue weighted by Gasteiger charge is 2.32. The van der Waals surface area contributed by atoms with Gasteiger partial charge < -0.3 is 25.4 Å². The van der Waals surface area contributed by atoms with Crippen LogP contribution in [0, 0.1) is 5.92 Å². The number of piperidine rings is 1. The van der Waals surface area contributed by atoms with Crippen LogP contribution in [0.25, 0.3) is 0 Å². The first-order valence-corrected chi connectivity index (χ1v) is 9.05. The molecular weight excluding hydrogens is 350 g/mol. The third kappa shape index (κ3) is 5.96. The zero-order valence-electron chi connectivity index (χ0n) is 15.7. The van der Waals surface area contributed by atoms with Gasteiger partial charge in [-0.2, -0.15) is 0 Å². The number of urea groups is 1. The number of carbonyl (C=O) groups is 3. The fourth-order valence-corrected chi connectivity index (χ4v) is 3.07. The van der Waals surface area contributed by atoms with E-state index in [-0.39, 0.29) is 29.5 Å². The molecular formula is C19H27N3O5. The summed E-state index contributed by atoms with van der Waals surface area (Å²) in [4.78, 5) is 37.4. The summed E-state index contributed by atoms with van der Waals surface area (Å²) in [5.41, 5.74) is 1.02. The van der Waals surface area contributed by atoms with E-state index in [1.54, 1.807) is 24.1 Å². The number of amides is 3. The largest absolute Gasteiger partial charge is 0.478 e. The van der Waals surface area contributed by atoms with Crippen LogP contribution in [-0.2, 0) is 16.1 Å². The number of carboxylic acid groups (broad SMARTS) is 1. The van der Waals surface area contributed by atoms with Gasteiger partial charge in [-0.05, 0) is 37.5 Å². The Bertz CT molecular complexity index is 662. The summed E-state index contributed by atoms with van der Waals surface area (Å²) in [5.74, 6) is -1.26.